The van der Waals surface area contributed by atoms with Crippen molar-refractivity contribution >= 4 is 11.6 Å². The molecule has 5 nitrogen and oxygen atoms in total. The number of fused-ring (bicyclic) bond motifs is 1. The van der Waals surface area contributed by atoms with Crippen LogP contribution in [0.1, 0.15) is 41.9 Å². The van der Waals surface area contributed by atoms with E-state index in [0.717, 1.165) is 68.1 Å². The van der Waals surface area contributed by atoms with Crippen LogP contribution in [0.5, 0.6) is 0 Å². The van der Waals surface area contributed by atoms with Crippen molar-refractivity contribution in [1.29, 1.82) is 0 Å². The van der Waals surface area contributed by atoms with Gasteiger partial charge in [-0.1, -0.05) is 55.0 Å². The molecular formula is C25H28N4O. The third kappa shape index (κ3) is 3.72. The topological polar surface area (TPSA) is 50.2 Å². The second kappa shape index (κ2) is 8.34. The molecule has 2 aliphatic heterocycles. The van der Waals surface area contributed by atoms with Crippen molar-refractivity contribution in [2.45, 2.75) is 44.7 Å². The lowest BCUT2D eigenvalue weighted by Crippen LogP contribution is -2.32. The Morgan fingerprint density at radius 1 is 0.933 bits per heavy atom. The van der Waals surface area contributed by atoms with E-state index in [1.54, 1.807) is 0 Å². The lowest BCUT2D eigenvalue weighted by Gasteiger charge is -2.17. The Morgan fingerprint density at radius 3 is 2.50 bits per heavy atom. The van der Waals surface area contributed by atoms with Crippen molar-refractivity contribution in [2.24, 2.45) is 0 Å². The standard InChI is InChI=1S/C25H28N4O/c30-25(28-17-15-21(18-28)26-20-12-6-2-7-13-20)23-22-14-8-3-9-16-29(22)24(27-23)19-10-4-1-5-11-19/h1-2,4-7,10-13,21,26H,3,8-9,14-18H2. The van der Waals surface area contributed by atoms with Crippen molar-refractivity contribution in [3.8, 4) is 11.4 Å². The summed E-state index contributed by atoms with van der Waals surface area (Å²) in [5.74, 6) is 1.02. The molecule has 0 spiro atoms. The highest BCUT2D eigenvalue weighted by molar-refractivity contribution is 5.94. The van der Waals surface area contributed by atoms with Crippen LogP contribution in [-0.4, -0.2) is 39.5 Å². The number of anilines is 1. The zero-order valence-corrected chi connectivity index (χ0v) is 17.3. The molecule has 1 N–H and O–H groups in total. The molecule has 5 rings (SSSR count). The number of amides is 1. The van der Waals surface area contributed by atoms with E-state index in [1.807, 2.05) is 41.3 Å². The summed E-state index contributed by atoms with van der Waals surface area (Å²) in [6, 6.07) is 20.8. The number of para-hydroxylation sites is 1. The van der Waals surface area contributed by atoms with Gasteiger partial charge in [-0.3, -0.25) is 4.79 Å². The van der Waals surface area contributed by atoms with Crippen LogP contribution in [0.3, 0.4) is 0 Å². The Balaban J connectivity index is 1.40. The van der Waals surface area contributed by atoms with E-state index in [2.05, 4.69) is 34.1 Å². The van der Waals surface area contributed by atoms with Gasteiger partial charge in [0.25, 0.3) is 5.91 Å². The predicted octanol–water partition coefficient (Wildman–Crippen LogP) is 4.60. The molecule has 0 radical (unpaired) electrons. The van der Waals surface area contributed by atoms with E-state index in [-0.39, 0.29) is 11.9 Å². The third-order valence-electron chi connectivity index (χ3n) is 6.22. The number of imidazole rings is 1. The molecule has 1 amide bonds. The zero-order chi connectivity index (χ0) is 20.3. The second-order valence-electron chi connectivity index (χ2n) is 8.31. The van der Waals surface area contributed by atoms with Gasteiger partial charge in [0.2, 0.25) is 0 Å². The molecule has 2 aromatic carbocycles. The van der Waals surface area contributed by atoms with Gasteiger partial charge >= 0.3 is 0 Å². The van der Waals surface area contributed by atoms with Crippen LogP contribution in [0.4, 0.5) is 5.69 Å². The van der Waals surface area contributed by atoms with Gasteiger partial charge in [0.15, 0.2) is 0 Å². The molecule has 0 bridgehead atoms. The van der Waals surface area contributed by atoms with Crippen molar-refractivity contribution < 1.29 is 4.79 Å². The van der Waals surface area contributed by atoms with Crippen LogP contribution >= 0.6 is 0 Å². The summed E-state index contributed by atoms with van der Waals surface area (Å²) in [4.78, 5) is 20.4. The Labute approximate surface area is 177 Å². The minimum atomic E-state index is 0.0835. The summed E-state index contributed by atoms with van der Waals surface area (Å²) in [7, 11) is 0. The lowest BCUT2D eigenvalue weighted by molar-refractivity contribution is 0.0785. The summed E-state index contributed by atoms with van der Waals surface area (Å²) < 4.78 is 2.30. The smallest absolute Gasteiger partial charge is 0.274 e. The fourth-order valence-electron chi connectivity index (χ4n) is 4.68. The van der Waals surface area contributed by atoms with Crippen molar-refractivity contribution in [2.75, 3.05) is 18.4 Å². The predicted molar refractivity (Wildman–Crippen MR) is 120 cm³/mol. The highest BCUT2D eigenvalue weighted by atomic mass is 16.2. The SMILES string of the molecule is O=C(c1nc(-c2ccccc2)n2c1CCCCC2)N1CCC(Nc2ccccc2)C1. The van der Waals surface area contributed by atoms with Crippen LogP contribution < -0.4 is 5.32 Å². The Hall–Kier alpha value is -3.08. The summed E-state index contributed by atoms with van der Waals surface area (Å²) in [5.41, 5.74) is 3.98. The maximum atomic E-state index is 13.5. The van der Waals surface area contributed by atoms with Gasteiger partial charge in [0.1, 0.15) is 11.5 Å². The minimum absolute atomic E-state index is 0.0835. The number of likely N-dealkylation sites (tertiary alicyclic amines) is 1. The van der Waals surface area contributed by atoms with Crippen LogP contribution in [-0.2, 0) is 13.0 Å². The van der Waals surface area contributed by atoms with Gasteiger partial charge in [-0.05, 0) is 37.8 Å². The molecule has 1 saturated heterocycles. The molecule has 30 heavy (non-hydrogen) atoms. The molecule has 3 aromatic rings. The minimum Gasteiger partial charge on any atom is -0.380 e. The van der Waals surface area contributed by atoms with Crippen LogP contribution in [0.25, 0.3) is 11.4 Å². The van der Waals surface area contributed by atoms with Gasteiger partial charge in [-0.15, -0.1) is 0 Å². The average molecular weight is 401 g/mol. The average Bonchev–Trinajstić information content (AvgIpc) is 3.32. The number of carbonyl (C=O) groups is 1. The molecule has 0 saturated carbocycles. The van der Waals surface area contributed by atoms with Gasteiger partial charge in [-0.25, -0.2) is 4.98 Å². The van der Waals surface area contributed by atoms with Crippen molar-refractivity contribution in [1.82, 2.24) is 14.5 Å². The lowest BCUT2D eigenvalue weighted by atomic mass is 10.1. The number of hydrogen-bond donors (Lipinski definition) is 1. The molecule has 1 unspecified atom stereocenters. The largest absolute Gasteiger partial charge is 0.380 e. The molecule has 2 aliphatic rings. The monoisotopic (exact) mass is 400 g/mol. The van der Waals surface area contributed by atoms with Gasteiger partial charge < -0.3 is 14.8 Å². The first-order valence-corrected chi connectivity index (χ1v) is 11.1. The molecule has 0 aliphatic carbocycles. The summed E-state index contributed by atoms with van der Waals surface area (Å²) in [6.45, 7) is 2.44. The van der Waals surface area contributed by atoms with E-state index in [1.165, 1.54) is 6.42 Å². The molecule has 5 heteroatoms. The Bertz CT molecular complexity index is 1010. The summed E-state index contributed by atoms with van der Waals surface area (Å²) in [6.07, 6.45) is 5.36. The van der Waals surface area contributed by atoms with E-state index in [0.29, 0.717) is 5.69 Å². The fraction of sp³-hybridized carbons (Fsp3) is 0.360. The number of hydrogen-bond acceptors (Lipinski definition) is 3. The van der Waals surface area contributed by atoms with Gasteiger partial charge in [-0.2, -0.15) is 0 Å². The molecule has 1 atom stereocenters. The third-order valence-corrected chi connectivity index (χ3v) is 6.22. The first-order valence-electron chi connectivity index (χ1n) is 11.1. The van der Waals surface area contributed by atoms with E-state index in [4.69, 9.17) is 4.98 Å². The van der Waals surface area contributed by atoms with Crippen LogP contribution in [0.15, 0.2) is 60.7 Å². The Kier molecular flexibility index (Phi) is 5.26. The molecule has 1 fully saturated rings. The highest BCUT2D eigenvalue weighted by Crippen LogP contribution is 2.28. The maximum absolute atomic E-state index is 13.5. The van der Waals surface area contributed by atoms with Crippen molar-refractivity contribution in [3.63, 3.8) is 0 Å². The van der Waals surface area contributed by atoms with E-state index < -0.39 is 0 Å². The number of rotatable bonds is 4. The number of benzene rings is 2. The van der Waals surface area contributed by atoms with E-state index >= 15 is 0 Å². The maximum Gasteiger partial charge on any atom is 0.274 e. The molecular weight excluding hydrogens is 372 g/mol. The number of nitrogens with zero attached hydrogens (tertiary/aromatic N) is 3. The zero-order valence-electron chi connectivity index (χ0n) is 17.3. The van der Waals surface area contributed by atoms with E-state index in [9.17, 15) is 4.79 Å². The first-order chi connectivity index (χ1) is 14.8. The van der Waals surface area contributed by atoms with Gasteiger partial charge in [0, 0.05) is 36.9 Å². The number of aromatic nitrogens is 2. The first kappa shape index (κ1) is 18.9. The second-order valence-corrected chi connectivity index (χ2v) is 8.31. The van der Waals surface area contributed by atoms with Crippen molar-refractivity contribution in [3.05, 3.63) is 72.1 Å². The number of carbonyl (C=O) groups excluding carboxylic acids is 1. The summed E-state index contributed by atoms with van der Waals surface area (Å²) in [5, 5.41) is 3.56. The number of nitrogens with one attached hydrogen (secondary N) is 1. The van der Waals surface area contributed by atoms with Crippen LogP contribution in [0, 0.1) is 0 Å². The quantitative estimate of drug-likeness (QED) is 0.696. The van der Waals surface area contributed by atoms with Gasteiger partial charge in [0.05, 0.1) is 5.69 Å². The molecule has 1 aromatic heterocycles. The highest BCUT2D eigenvalue weighted by Gasteiger charge is 2.32. The van der Waals surface area contributed by atoms with Crippen LogP contribution in [0.2, 0.25) is 0 Å². The normalized spacial score (nSPS) is 18.7. The molecule has 3 heterocycles. The Morgan fingerprint density at radius 2 is 1.70 bits per heavy atom. The molecule has 154 valence electrons. The fourth-order valence-corrected chi connectivity index (χ4v) is 4.68. The summed E-state index contributed by atoms with van der Waals surface area (Å²) >= 11 is 0.